The lowest BCUT2D eigenvalue weighted by molar-refractivity contribution is -0.161. The predicted octanol–water partition coefficient (Wildman–Crippen LogP) is 9.47. The molecule has 1 aliphatic heterocycles. The molecule has 1 heterocycles. The van der Waals surface area contributed by atoms with Gasteiger partial charge in [0.1, 0.15) is 12.1 Å². The molecule has 2 fully saturated rings. The van der Waals surface area contributed by atoms with Gasteiger partial charge in [-0.2, -0.15) is 0 Å². The van der Waals surface area contributed by atoms with Crippen LogP contribution in [-0.2, 0) is 19.1 Å². The summed E-state index contributed by atoms with van der Waals surface area (Å²) >= 11 is 0. The maximum atomic E-state index is 12.9. The van der Waals surface area contributed by atoms with Crippen LogP contribution in [0.2, 0.25) is 0 Å². The third-order valence-electron chi connectivity index (χ3n) is 10.5. The number of ether oxygens (including phenoxy) is 1. The number of aliphatic hydroxyl groups is 1. The fraction of sp³-hybridized carbons (Fsp3) is 0.925. The molecule has 5 atom stereocenters. The zero-order chi connectivity index (χ0) is 34.0. The Kier molecular flexibility index (Phi) is 24.1. The maximum Gasteiger partial charge on any atom is 0.335 e. The van der Waals surface area contributed by atoms with E-state index >= 15 is 0 Å². The van der Waals surface area contributed by atoms with Crippen LogP contribution in [0.5, 0.6) is 0 Å². The summed E-state index contributed by atoms with van der Waals surface area (Å²) in [7, 11) is 0. The van der Waals surface area contributed by atoms with Crippen LogP contribution in [0.3, 0.4) is 0 Å². The van der Waals surface area contributed by atoms with Crippen LogP contribution in [-0.4, -0.2) is 47.7 Å². The van der Waals surface area contributed by atoms with E-state index in [9.17, 15) is 19.5 Å². The predicted molar refractivity (Wildman–Crippen MR) is 193 cm³/mol. The molecule has 3 N–H and O–H groups in total. The number of hydrogen-bond acceptors (Lipinski definition) is 5. The highest BCUT2D eigenvalue weighted by Crippen LogP contribution is 2.45. The molecule has 2 rings (SSSR count). The molecule has 0 bridgehead atoms. The summed E-state index contributed by atoms with van der Waals surface area (Å²) in [6.07, 6.45) is 31.3. The van der Waals surface area contributed by atoms with E-state index < -0.39 is 24.2 Å². The lowest BCUT2D eigenvalue weighted by atomic mass is 10.0. The van der Waals surface area contributed by atoms with Gasteiger partial charge >= 0.3 is 5.97 Å². The van der Waals surface area contributed by atoms with Crippen LogP contribution in [0, 0.1) is 11.8 Å². The number of rotatable bonds is 31. The molecule has 0 aromatic rings. The Morgan fingerprint density at radius 2 is 1.26 bits per heavy atom. The van der Waals surface area contributed by atoms with E-state index in [1.54, 1.807) is 0 Å². The minimum Gasteiger partial charge on any atom is -0.460 e. The van der Waals surface area contributed by atoms with E-state index in [-0.39, 0.29) is 18.2 Å². The average molecular weight is 663 g/mol. The molecule has 2 aliphatic rings. The van der Waals surface area contributed by atoms with Crippen molar-refractivity contribution < 1.29 is 24.2 Å². The standard InChI is InChI=1S/C40H74N2O5/c1-3-5-7-9-11-13-15-17-19-21-23-26-35(32-38(44)42-36-27-24-30-41-39(36)45)47-40(46)37(43)29-28-34-31-33(34)25-22-20-18-16-14-12-10-8-6-4-2/h33-37,43H,3-32H2,1-2H3,(H,41,45)(H,42,44). The first-order chi connectivity index (χ1) is 22.9. The first-order valence-corrected chi connectivity index (χ1v) is 20.4. The third-order valence-corrected chi connectivity index (χ3v) is 10.5. The molecular formula is C40H74N2O5. The van der Waals surface area contributed by atoms with Crippen molar-refractivity contribution in [1.29, 1.82) is 0 Å². The van der Waals surface area contributed by atoms with Crippen molar-refractivity contribution in [1.82, 2.24) is 10.6 Å². The van der Waals surface area contributed by atoms with Crippen molar-refractivity contribution in [2.45, 2.75) is 218 Å². The van der Waals surface area contributed by atoms with Crippen molar-refractivity contribution in [3.05, 3.63) is 0 Å². The van der Waals surface area contributed by atoms with Crippen molar-refractivity contribution >= 4 is 17.8 Å². The Hall–Kier alpha value is -1.63. The number of piperidine rings is 1. The quantitative estimate of drug-likeness (QED) is 0.0507. The second kappa shape index (κ2) is 27.2. The second-order valence-corrected chi connectivity index (χ2v) is 15.0. The number of carbonyl (C=O) groups is 3. The summed E-state index contributed by atoms with van der Waals surface area (Å²) in [5, 5.41) is 16.3. The molecule has 1 saturated heterocycles. The lowest BCUT2D eigenvalue weighted by Gasteiger charge is -2.24. The van der Waals surface area contributed by atoms with Gasteiger partial charge < -0.3 is 20.5 Å². The number of nitrogens with one attached hydrogen (secondary N) is 2. The van der Waals surface area contributed by atoms with Crippen LogP contribution < -0.4 is 10.6 Å². The van der Waals surface area contributed by atoms with E-state index in [0.717, 1.165) is 38.0 Å². The molecule has 5 unspecified atom stereocenters. The maximum absolute atomic E-state index is 12.9. The summed E-state index contributed by atoms with van der Waals surface area (Å²) < 4.78 is 5.76. The highest BCUT2D eigenvalue weighted by molar-refractivity contribution is 5.88. The number of aliphatic hydroxyl groups excluding tert-OH is 1. The van der Waals surface area contributed by atoms with Crippen molar-refractivity contribution in [3.63, 3.8) is 0 Å². The molecule has 0 aromatic heterocycles. The van der Waals surface area contributed by atoms with Gasteiger partial charge in [0.05, 0.1) is 6.42 Å². The van der Waals surface area contributed by atoms with Gasteiger partial charge in [-0.1, -0.05) is 149 Å². The van der Waals surface area contributed by atoms with E-state index in [2.05, 4.69) is 24.5 Å². The topological polar surface area (TPSA) is 105 Å². The van der Waals surface area contributed by atoms with E-state index in [1.165, 1.54) is 128 Å². The normalized spacial score (nSPS) is 20.4. The Morgan fingerprint density at radius 1 is 0.745 bits per heavy atom. The van der Waals surface area contributed by atoms with Crippen LogP contribution in [0.15, 0.2) is 0 Å². The Bertz CT molecular complexity index is 820. The molecular weight excluding hydrogens is 588 g/mol. The molecule has 1 aliphatic carbocycles. The summed E-state index contributed by atoms with van der Waals surface area (Å²) in [6.45, 7) is 5.16. The van der Waals surface area contributed by atoms with Crippen LogP contribution >= 0.6 is 0 Å². The molecule has 274 valence electrons. The number of carbonyl (C=O) groups excluding carboxylic acids is 3. The number of unbranched alkanes of at least 4 members (excludes halogenated alkanes) is 19. The summed E-state index contributed by atoms with van der Waals surface area (Å²) in [5.41, 5.74) is 0. The minimum atomic E-state index is -1.14. The largest absolute Gasteiger partial charge is 0.460 e. The van der Waals surface area contributed by atoms with E-state index in [0.29, 0.717) is 31.7 Å². The van der Waals surface area contributed by atoms with Gasteiger partial charge in [0.25, 0.3) is 0 Å². The molecule has 1 saturated carbocycles. The second-order valence-electron chi connectivity index (χ2n) is 15.0. The SMILES string of the molecule is CCCCCCCCCCCCCC(CC(=O)NC1CCCNC1=O)OC(=O)C(O)CCC1CC1CCCCCCCCCCCC. The van der Waals surface area contributed by atoms with E-state index in [1.807, 2.05) is 0 Å². The van der Waals surface area contributed by atoms with Gasteiger partial charge in [0, 0.05) is 6.54 Å². The van der Waals surface area contributed by atoms with Crippen LogP contribution in [0.1, 0.15) is 200 Å². The summed E-state index contributed by atoms with van der Waals surface area (Å²) in [6, 6.07) is -0.521. The first-order valence-electron chi connectivity index (χ1n) is 20.4. The number of esters is 1. The first kappa shape index (κ1) is 41.5. The van der Waals surface area contributed by atoms with Gasteiger partial charge in [0.2, 0.25) is 11.8 Å². The lowest BCUT2D eigenvalue weighted by Crippen LogP contribution is -2.50. The zero-order valence-electron chi connectivity index (χ0n) is 30.7. The fourth-order valence-electron chi connectivity index (χ4n) is 7.25. The fourth-order valence-corrected chi connectivity index (χ4v) is 7.25. The van der Waals surface area contributed by atoms with Gasteiger partial charge in [-0.05, 0) is 56.8 Å². The van der Waals surface area contributed by atoms with Crippen LogP contribution in [0.25, 0.3) is 0 Å². The van der Waals surface area contributed by atoms with Gasteiger partial charge in [-0.15, -0.1) is 0 Å². The summed E-state index contributed by atoms with van der Waals surface area (Å²) in [5.74, 6) is 0.353. The minimum absolute atomic E-state index is 0.0313. The van der Waals surface area contributed by atoms with Gasteiger partial charge in [0.15, 0.2) is 6.10 Å². The Balaban J connectivity index is 1.63. The van der Waals surface area contributed by atoms with Gasteiger partial charge in [-0.3, -0.25) is 9.59 Å². The van der Waals surface area contributed by atoms with Crippen molar-refractivity contribution in [2.24, 2.45) is 11.8 Å². The van der Waals surface area contributed by atoms with Crippen LogP contribution in [0.4, 0.5) is 0 Å². The summed E-state index contributed by atoms with van der Waals surface area (Å²) in [4.78, 5) is 37.9. The molecule has 47 heavy (non-hydrogen) atoms. The molecule has 7 heteroatoms. The highest BCUT2D eigenvalue weighted by Gasteiger charge is 2.37. The van der Waals surface area contributed by atoms with Crippen molar-refractivity contribution in [2.75, 3.05) is 6.54 Å². The highest BCUT2D eigenvalue weighted by atomic mass is 16.6. The molecule has 2 amide bonds. The van der Waals surface area contributed by atoms with E-state index in [4.69, 9.17) is 4.74 Å². The Labute approximate surface area is 288 Å². The molecule has 7 nitrogen and oxygen atoms in total. The molecule has 0 spiro atoms. The Morgan fingerprint density at radius 3 is 1.81 bits per heavy atom. The monoisotopic (exact) mass is 663 g/mol. The molecule has 0 radical (unpaired) electrons. The number of amides is 2. The number of hydrogen-bond donors (Lipinski definition) is 3. The third kappa shape index (κ3) is 21.1. The van der Waals surface area contributed by atoms with Gasteiger partial charge in [-0.25, -0.2) is 4.79 Å². The smallest absolute Gasteiger partial charge is 0.335 e. The average Bonchev–Trinajstić information content (AvgIpc) is 3.82. The molecule has 0 aromatic carbocycles. The zero-order valence-corrected chi connectivity index (χ0v) is 30.7. The van der Waals surface area contributed by atoms with Crippen molar-refractivity contribution in [3.8, 4) is 0 Å².